The summed E-state index contributed by atoms with van der Waals surface area (Å²) in [5, 5.41) is 2.95. The molecule has 26 heavy (non-hydrogen) atoms. The third-order valence-corrected chi connectivity index (χ3v) is 4.55. The fourth-order valence-corrected chi connectivity index (χ4v) is 3.11. The van der Waals surface area contributed by atoms with Crippen LogP contribution in [0.3, 0.4) is 0 Å². The number of nitrogens with one attached hydrogen (secondary N) is 1. The van der Waals surface area contributed by atoms with Crippen molar-refractivity contribution in [1.29, 1.82) is 0 Å². The number of hydrogen-bond donors (Lipinski definition) is 1. The molecule has 1 unspecified atom stereocenters. The van der Waals surface area contributed by atoms with Crippen LogP contribution < -0.4 is 5.32 Å². The third kappa shape index (κ3) is 5.93. The van der Waals surface area contributed by atoms with Crippen LogP contribution in [-0.2, 0) is 22.5 Å². The summed E-state index contributed by atoms with van der Waals surface area (Å²) in [6.45, 7) is 3.83. The molecule has 5 heteroatoms. The lowest BCUT2D eigenvalue weighted by molar-refractivity contribution is -0.122. The van der Waals surface area contributed by atoms with Gasteiger partial charge < -0.3 is 10.1 Å². The molecule has 2 aromatic carbocycles. The maximum absolute atomic E-state index is 12.9. The van der Waals surface area contributed by atoms with Crippen LogP contribution in [-0.4, -0.2) is 43.2 Å². The Labute approximate surface area is 154 Å². The van der Waals surface area contributed by atoms with Gasteiger partial charge in [0.05, 0.1) is 12.7 Å². The zero-order valence-electron chi connectivity index (χ0n) is 14.9. The van der Waals surface area contributed by atoms with Gasteiger partial charge in [-0.05, 0) is 29.7 Å². The summed E-state index contributed by atoms with van der Waals surface area (Å²) in [5.74, 6) is -0.259. The molecular weight excluding hydrogens is 331 g/mol. The first-order chi connectivity index (χ1) is 12.7. The summed E-state index contributed by atoms with van der Waals surface area (Å²) in [5.41, 5.74) is 2.25. The molecule has 1 aliphatic rings. The number of ether oxygens (including phenoxy) is 1. The molecule has 0 bridgehead atoms. The number of rotatable bonds is 7. The summed E-state index contributed by atoms with van der Waals surface area (Å²) in [6, 6.07) is 16.6. The largest absolute Gasteiger partial charge is 0.374 e. The van der Waals surface area contributed by atoms with Crippen molar-refractivity contribution in [2.75, 3.05) is 26.2 Å². The van der Waals surface area contributed by atoms with Gasteiger partial charge in [0, 0.05) is 32.6 Å². The Morgan fingerprint density at radius 3 is 2.65 bits per heavy atom. The van der Waals surface area contributed by atoms with Crippen LogP contribution in [0.4, 0.5) is 4.39 Å². The summed E-state index contributed by atoms with van der Waals surface area (Å²) >= 11 is 0. The molecule has 1 atom stereocenters. The highest BCUT2D eigenvalue weighted by molar-refractivity contribution is 5.76. The molecule has 0 radical (unpaired) electrons. The second-order valence-electron chi connectivity index (χ2n) is 6.64. The van der Waals surface area contributed by atoms with E-state index in [1.807, 2.05) is 6.07 Å². The second kappa shape index (κ2) is 9.46. The first-order valence-electron chi connectivity index (χ1n) is 9.08. The van der Waals surface area contributed by atoms with Crippen LogP contribution in [0.1, 0.15) is 17.5 Å². The maximum atomic E-state index is 12.9. The minimum atomic E-state index is -0.257. The van der Waals surface area contributed by atoms with Crippen LogP contribution in [0.5, 0.6) is 0 Å². The van der Waals surface area contributed by atoms with Gasteiger partial charge in [-0.15, -0.1) is 0 Å². The molecule has 0 aromatic heterocycles. The maximum Gasteiger partial charge on any atom is 0.220 e. The first kappa shape index (κ1) is 18.5. The standard InChI is InChI=1S/C21H25FN2O2/c22-19-9-6-17(7-10-19)8-11-21(25)23-14-20-16-24(12-13-26-20)15-18-4-2-1-3-5-18/h1-7,9-10,20H,8,11-16H2,(H,23,25). The van der Waals surface area contributed by atoms with Crippen molar-refractivity contribution in [2.24, 2.45) is 0 Å². The smallest absolute Gasteiger partial charge is 0.220 e. The topological polar surface area (TPSA) is 41.6 Å². The van der Waals surface area contributed by atoms with E-state index < -0.39 is 0 Å². The molecule has 0 spiro atoms. The van der Waals surface area contributed by atoms with Crippen molar-refractivity contribution in [1.82, 2.24) is 10.2 Å². The molecule has 0 aliphatic carbocycles. The quantitative estimate of drug-likeness (QED) is 0.829. The molecule has 1 aliphatic heterocycles. The van der Waals surface area contributed by atoms with E-state index in [0.717, 1.165) is 25.2 Å². The van der Waals surface area contributed by atoms with E-state index in [9.17, 15) is 9.18 Å². The molecular formula is C21H25FN2O2. The van der Waals surface area contributed by atoms with Gasteiger partial charge in [-0.25, -0.2) is 4.39 Å². The number of carbonyl (C=O) groups excluding carboxylic acids is 1. The Bertz CT molecular complexity index is 691. The molecule has 1 amide bonds. The average molecular weight is 356 g/mol. The van der Waals surface area contributed by atoms with E-state index in [2.05, 4.69) is 34.5 Å². The van der Waals surface area contributed by atoms with Crippen LogP contribution >= 0.6 is 0 Å². The Balaban J connectivity index is 1.38. The van der Waals surface area contributed by atoms with Crippen LogP contribution in [0.15, 0.2) is 54.6 Å². The van der Waals surface area contributed by atoms with Gasteiger partial charge in [0.25, 0.3) is 0 Å². The zero-order chi connectivity index (χ0) is 18.2. The van der Waals surface area contributed by atoms with Gasteiger partial charge in [0.1, 0.15) is 5.82 Å². The van der Waals surface area contributed by atoms with E-state index >= 15 is 0 Å². The monoisotopic (exact) mass is 356 g/mol. The fourth-order valence-electron chi connectivity index (χ4n) is 3.11. The molecule has 2 aromatic rings. The van der Waals surface area contributed by atoms with E-state index in [-0.39, 0.29) is 17.8 Å². The molecule has 0 saturated carbocycles. The Morgan fingerprint density at radius 1 is 1.12 bits per heavy atom. The van der Waals surface area contributed by atoms with Crippen LogP contribution in [0.25, 0.3) is 0 Å². The van der Waals surface area contributed by atoms with Crippen molar-refractivity contribution in [2.45, 2.75) is 25.5 Å². The van der Waals surface area contributed by atoms with Gasteiger partial charge in [-0.3, -0.25) is 9.69 Å². The third-order valence-electron chi connectivity index (χ3n) is 4.55. The summed E-state index contributed by atoms with van der Waals surface area (Å²) in [7, 11) is 0. The van der Waals surface area contributed by atoms with Crippen molar-refractivity contribution < 1.29 is 13.9 Å². The van der Waals surface area contributed by atoms with E-state index in [1.165, 1.54) is 17.7 Å². The lowest BCUT2D eigenvalue weighted by atomic mass is 10.1. The van der Waals surface area contributed by atoms with Gasteiger partial charge in [-0.2, -0.15) is 0 Å². The van der Waals surface area contributed by atoms with Gasteiger partial charge in [0.15, 0.2) is 0 Å². The Morgan fingerprint density at radius 2 is 1.88 bits per heavy atom. The lowest BCUT2D eigenvalue weighted by Crippen LogP contribution is -2.47. The van der Waals surface area contributed by atoms with Gasteiger partial charge >= 0.3 is 0 Å². The lowest BCUT2D eigenvalue weighted by Gasteiger charge is -2.33. The highest BCUT2D eigenvalue weighted by Crippen LogP contribution is 2.10. The van der Waals surface area contributed by atoms with Gasteiger partial charge in [0.2, 0.25) is 5.91 Å². The number of halogens is 1. The molecule has 138 valence electrons. The first-order valence-corrected chi connectivity index (χ1v) is 9.08. The average Bonchev–Trinajstić information content (AvgIpc) is 2.67. The van der Waals surface area contributed by atoms with Crippen LogP contribution in [0.2, 0.25) is 0 Å². The number of amides is 1. The summed E-state index contributed by atoms with van der Waals surface area (Å²) < 4.78 is 18.7. The SMILES string of the molecule is O=C(CCc1ccc(F)cc1)NCC1CN(Cc2ccccc2)CCO1. The number of carbonyl (C=O) groups is 1. The van der Waals surface area contributed by atoms with Crippen molar-refractivity contribution in [3.05, 3.63) is 71.5 Å². The van der Waals surface area contributed by atoms with Crippen molar-refractivity contribution in [3.8, 4) is 0 Å². The highest BCUT2D eigenvalue weighted by atomic mass is 19.1. The minimum absolute atomic E-state index is 0.00175. The van der Waals surface area contributed by atoms with E-state index in [0.29, 0.717) is 26.0 Å². The summed E-state index contributed by atoms with van der Waals surface area (Å²) in [4.78, 5) is 14.4. The molecule has 1 fully saturated rings. The molecule has 1 N–H and O–H groups in total. The molecule has 1 saturated heterocycles. The Hall–Kier alpha value is -2.24. The normalized spacial score (nSPS) is 17.8. The number of benzene rings is 2. The molecule has 1 heterocycles. The van der Waals surface area contributed by atoms with Crippen molar-refractivity contribution in [3.63, 3.8) is 0 Å². The second-order valence-corrected chi connectivity index (χ2v) is 6.64. The fraction of sp³-hybridized carbons (Fsp3) is 0.381. The highest BCUT2D eigenvalue weighted by Gasteiger charge is 2.20. The number of aryl methyl sites for hydroxylation is 1. The van der Waals surface area contributed by atoms with Crippen LogP contribution in [0, 0.1) is 5.82 Å². The zero-order valence-corrected chi connectivity index (χ0v) is 14.9. The predicted molar refractivity (Wildman–Crippen MR) is 99.2 cm³/mol. The predicted octanol–water partition coefficient (Wildman–Crippen LogP) is 2.78. The number of nitrogens with zero attached hydrogens (tertiary/aromatic N) is 1. The minimum Gasteiger partial charge on any atom is -0.374 e. The molecule has 3 rings (SSSR count). The molecule has 4 nitrogen and oxygen atoms in total. The summed E-state index contributed by atoms with van der Waals surface area (Å²) in [6.07, 6.45) is 1.02. The van der Waals surface area contributed by atoms with Gasteiger partial charge in [-0.1, -0.05) is 42.5 Å². The Kier molecular flexibility index (Phi) is 6.75. The number of hydrogen-bond acceptors (Lipinski definition) is 3. The van der Waals surface area contributed by atoms with Crippen molar-refractivity contribution >= 4 is 5.91 Å². The van der Waals surface area contributed by atoms with E-state index in [4.69, 9.17) is 4.74 Å². The number of morpholine rings is 1. The van der Waals surface area contributed by atoms with E-state index in [1.54, 1.807) is 12.1 Å².